The lowest BCUT2D eigenvalue weighted by atomic mass is 10.1. The van der Waals surface area contributed by atoms with Crippen molar-refractivity contribution in [2.45, 2.75) is 12.3 Å². The molecule has 1 unspecified atom stereocenters. The van der Waals surface area contributed by atoms with Crippen LogP contribution in [0.1, 0.15) is 22.1 Å². The maximum Gasteiger partial charge on any atom is 0.0866 e. The van der Waals surface area contributed by atoms with Gasteiger partial charge in [0.15, 0.2) is 0 Å². The van der Waals surface area contributed by atoms with E-state index in [9.17, 15) is 0 Å². The molecule has 106 valence electrons. The fourth-order valence-corrected chi connectivity index (χ4v) is 3.16. The van der Waals surface area contributed by atoms with Gasteiger partial charge < -0.3 is 0 Å². The van der Waals surface area contributed by atoms with Gasteiger partial charge in [0.2, 0.25) is 0 Å². The van der Waals surface area contributed by atoms with Crippen molar-refractivity contribution in [1.29, 1.82) is 0 Å². The number of rotatable bonds is 3. The van der Waals surface area contributed by atoms with Crippen molar-refractivity contribution in [3.05, 3.63) is 82.1 Å². The fraction of sp³-hybridized carbons (Fsp3) is 0.118. The third-order valence-electron chi connectivity index (χ3n) is 3.27. The zero-order valence-corrected chi connectivity index (χ0v) is 13.8. The van der Waals surface area contributed by atoms with Gasteiger partial charge in [0.1, 0.15) is 0 Å². The summed E-state index contributed by atoms with van der Waals surface area (Å²) < 4.78 is 2.88. The first-order chi connectivity index (χ1) is 10.1. The van der Waals surface area contributed by atoms with Gasteiger partial charge in [0.05, 0.1) is 17.3 Å². The summed E-state index contributed by atoms with van der Waals surface area (Å²) in [6, 6.07) is 16.2. The second kappa shape index (κ2) is 6.04. The summed E-state index contributed by atoms with van der Waals surface area (Å²) in [4.78, 5) is 0. The number of alkyl halides is 1. The number of halogens is 2. The van der Waals surface area contributed by atoms with Gasteiger partial charge in [-0.25, -0.2) is 4.68 Å². The van der Waals surface area contributed by atoms with Crippen molar-refractivity contribution in [2.24, 2.45) is 0 Å². The summed E-state index contributed by atoms with van der Waals surface area (Å²) in [5.41, 5.74) is 4.26. The van der Waals surface area contributed by atoms with E-state index in [-0.39, 0.29) is 5.38 Å². The van der Waals surface area contributed by atoms with Crippen molar-refractivity contribution in [2.75, 3.05) is 0 Å². The van der Waals surface area contributed by atoms with E-state index in [1.807, 2.05) is 53.5 Å². The maximum absolute atomic E-state index is 6.60. The highest BCUT2D eigenvalue weighted by Crippen LogP contribution is 2.31. The van der Waals surface area contributed by atoms with Crippen LogP contribution in [0, 0.1) is 6.92 Å². The molecule has 0 aliphatic carbocycles. The smallest absolute Gasteiger partial charge is 0.0866 e. The molecule has 0 bridgehead atoms. The summed E-state index contributed by atoms with van der Waals surface area (Å²) in [5.74, 6) is 0. The van der Waals surface area contributed by atoms with E-state index in [2.05, 4.69) is 40.1 Å². The average molecular weight is 362 g/mol. The molecule has 3 aromatic rings. The molecule has 0 saturated heterocycles. The van der Waals surface area contributed by atoms with Crippen molar-refractivity contribution < 1.29 is 0 Å². The molecule has 21 heavy (non-hydrogen) atoms. The Balaban J connectivity index is 1.92. The quantitative estimate of drug-likeness (QED) is 0.581. The van der Waals surface area contributed by atoms with E-state index in [0.29, 0.717) is 0 Å². The van der Waals surface area contributed by atoms with Crippen LogP contribution in [0.4, 0.5) is 0 Å². The third-order valence-corrected chi connectivity index (χ3v) is 4.23. The van der Waals surface area contributed by atoms with E-state index in [0.717, 1.165) is 21.3 Å². The molecule has 0 saturated carbocycles. The van der Waals surface area contributed by atoms with Crippen LogP contribution in [-0.4, -0.2) is 9.78 Å². The first-order valence-corrected chi connectivity index (χ1v) is 7.87. The highest BCUT2D eigenvalue weighted by molar-refractivity contribution is 9.10. The summed E-state index contributed by atoms with van der Waals surface area (Å²) in [7, 11) is 0. The van der Waals surface area contributed by atoms with E-state index < -0.39 is 0 Å². The van der Waals surface area contributed by atoms with Gasteiger partial charge in [-0.3, -0.25) is 0 Å². The molecule has 0 N–H and O–H groups in total. The molecule has 0 spiro atoms. The zero-order chi connectivity index (χ0) is 14.8. The molecule has 3 rings (SSSR count). The summed E-state index contributed by atoms with van der Waals surface area (Å²) in [6.07, 6.45) is 3.80. The molecule has 0 aliphatic rings. The predicted octanol–water partition coefficient (Wildman–Crippen LogP) is 5.27. The number of aryl methyl sites for hydroxylation is 1. The van der Waals surface area contributed by atoms with E-state index in [1.54, 1.807) is 0 Å². The normalized spacial score (nSPS) is 12.3. The number of hydrogen-bond acceptors (Lipinski definition) is 1. The van der Waals surface area contributed by atoms with Crippen molar-refractivity contribution in [3.63, 3.8) is 0 Å². The third kappa shape index (κ3) is 3.20. The van der Waals surface area contributed by atoms with Crippen LogP contribution in [0.3, 0.4) is 0 Å². The lowest BCUT2D eigenvalue weighted by Crippen LogP contribution is -1.94. The Kier molecular flexibility index (Phi) is 4.13. The molecule has 0 radical (unpaired) electrons. The number of aromatic nitrogens is 2. The first kappa shape index (κ1) is 14.4. The SMILES string of the molecule is Cc1cc(Br)cc(C(Cl)c2cnn(-c3ccccc3)c2)c1. The van der Waals surface area contributed by atoms with E-state index in [1.165, 1.54) is 5.56 Å². The Bertz CT molecular complexity index is 732. The molecule has 0 fully saturated rings. The van der Waals surface area contributed by atoms with Gasteiger partial charge in [-0.1, -0.05) is 40.2 Å². The van der Waals surface area contributed by atoms with Crippen LogP contribution in [-0.2, 0) is 0 Å². The van der Waals surface area contributed by atoms with Crippen molar-refractivity contribution in [1.82, 2.24) is 9.78 Å². The molecular formula is C17H14BrClN2. The number of hydrogen-bond donors (Lipinski definition) is 0. The summed E-state index contributed by atoms with van der Waals surface area (Å²) in [5, 5.41) is 4.19. The monoisotopic (exact) mass is 360 g/mol. The summed E-state index contributed by atoms with van der Waals surface area (Å²) >= 11 is 10.1. The first-order valence-electron chi connectivity index (χ1n) is 6.64. The molecule has 2 aromatic carbocycles. The Labute approximate surface area is 137 Å². The second-order valence-electron chi connectivity index (χ2n) is 4.98. The number of para-hydroxylation sites is 1. The van der Waals surface area contributed by atoms with Crippen LogP contribution in [0.2, 0.25) is 0 Å². The minimum Gasteiger partial charge on any atom is -0.241 e. The Hall–Kier alpha value is -1.58. The molecule has 0 aliphatic heterocycles. The largest absolute Gasteiger partial charge is 0.241 e. The minimum absolute atomic E-state index is 0.210. The van der Waals surface area contributed by atoms with Crippen LogP contribution in [0.25, 0.3) is 5.69 Å². The van der Waals surface area contributed by atoms with Crippen LogP contribution in [0.5, 0.6) is 0 Å². The molecule has 1 aromatic heterocycles. The highest BCUT2D eigenvalue weighted by Gasteiger charge is 2.14. The molecule has 1 heterocycles. The van der Waals surface area contributed by atoms with Crippen molar-refractivity contribution in [3.8, 4) is 5.69 Å². The highest BCUT2D eigenvalue weighted by atomic mass is 79.9. The predicted molar refractivity (Wildman–Crippen MR) is 90.1 cm³/mol. The number of benzene rings is 2. The molecule has 4 heteroatoms. The lowest BCUT2D eigenvalue weighted by Gasteiger charge is -2.09. The van der Waals surface area contributed by atoms with Gasteiger partial charge >= 0.3 is 0 Å². The Morgan fingerprint density at radius 3 is 2.57 bits per heavy atom. The van der Waals surface area contributed by atoms with E-state index >= 15 is 0 Å². The standard InChI is InChI=1S/C17H14BrClN2/c1-12-7-13(9-15(18)8-12)17(19)14-10-20-21(11-14)16-5-3-2-4-6-16/h2-11,17H,1H3. The molecular weight excluding hydrogens is 348 g/mol. The van der Waals surface area contributed by atoms with Crippen LogP contribution in [0.15, 0.2) is 65.4 Å². The summed E-state index contributed by atoms with van der Waals surface area (Å²) in [6.45, 7) is 2.06. The maximum atomic E-state index is 6.60. The topological polar surface area (TPSA) is 17.8 Å². The zero-order valence-electron chi connectivity index (χ0n) is 11.5. The van der Waals surface area contributed by atoms with Crippen LogP contribution >= 0.6 is 27.5 Å². The number of nitrogens with zero attached hydrogens (tertiary/aromatic N) is 2. The lowest BCUT2D eigenvalue weighted by molar-refractivity contribution is 0.880. The Morgan fingerprint density at radius 2 is 1.86 bits per heavy atom. The van der Waals surface area contributed by atoms with Gasteiger partial charge in [-0.15, -0.1) is 11.6 Å². The van der Waals surface area contributed by atoms with E-state index in [4.69, 9.17) is 11.6 Å². The van der Waals surface area contributed by atoms with Gasteiger partial charge in [-0.2, -0.15) is 5.10 Å². The second-order valence-corrected chi connectivity index (χ2v) is 6.33. The van der Waals surface area contributed by atoms with Gasteiger partial charge in [0, 0.05) is 16.2 Å². The molecule has 1 atom stereocenters. The van der Waals surface area contributed by atoms with Crippen molar-refractivity contribution >= 4 is 27.5 Å². The average Bonchev–Trinajstić information content (AvgIpc) is 2.96. The molecule has 0 amide bonds. The minimum atomic E-state index is -0.210. The molecule has 2 nitrogen and oxygen atoms in total. The van der Waals surface area contributed by atoms with Gasteiger partial charge in [-0.05, 0) is 42.3 Å². The van der Waals surface area contributed by atoms with Crippen LogP contribution < -0.4 is 0 Å². The Morgan fingerprint density at radius 1 is 1.10 bits per heavy atom. The fourth-order valence-electron chi connectivity index (χ4n) is 2.29. The van der Waals surface area contributed by atoms with Gasteiger partial charge in [0.25, 0.3) is 0 Å².